The van der Waals surface area contributed by atoms with E-state index in [0.29, 0.717) is 6.42 Å². The van der Waals surface area contributed by atoms with Crippen molar-refractivity contribution in [2.45, 2.75) is 276 Å². The van der Waals surface area contributed by atoms with Crippen LogP contribution in [0.15, 0.2) is 12.2 Å². The molecule has 2 atom stereocenters. The van der Waals surface area contributed by atoms with Crippen molar-refractivity contribution in [1.82, 2.24) is 5.32 Å². The molecule has 0 heterocycles. The Kier molecular flexibility index (Phi) is 42.3. The van der Waals surface area contributed by atoms with Gasteiger partial charge in [-0.1, -0.05) is 251 Å². The number of carbonyl (C=O) groups excluding carboxylic acids is 1. The van der Waals surface area contributed by atoms with Crippen LogP contribution in [0.3, 0.4) is 0 Å². The summed E-state index contributed by atoms with van der Waals surface area (Å²) in [6.07, 6.45) is 52.5. The monoisotopic (exact) mass is 800 g/mol. The second-order valence-corrected chi connectivity index (χ2v) is 18.0. The van der Waals surface area contributed by atoms with Crippen molar-refractivity contribution in [2.24, 2.45) is 0 Å². The van der Waals surface area contributed by atoms with Crippen molar-refractivity contribution in [3.8, 4) is 0 Å². The molecule has 0 aromatic carbocycles. The van der Waals surface area contributed by atoms with Gasteiger partial charge in [0.15, 0.2) is 0 Å². The Morgan fingerprint density at radius 2 is 0.800 bits per heavy atom. The van der Waals surface area contributed by atoms with Crippen molar-refractivity contribution in [1.29, 1.82) is 0 Å². The van der Waals surface area contributed by atoms with Crippen LogP contribution in [0.1, 0.15) is 264 Å². The summed E-state index contributed by atoms with van der Waals surface area (Å²) in [6, 6.07) is -0.905. The summed E-state index contributed by atoms with van der Waals surface area (Å²) in [4.78, 5) is 31.0. The Bertz CT molecular complexity index is 864. The van der Waals surface area contributed by atoms with Gasteiger partial charge in [-0.15, -0.1) is 0 Å². The van der Waals surface area contributed by atoms with Gasteiger partial charge in [0.05, 0.1) is 18.8 Å². The fraction of sp³-hybridized carbons (Fsp3) is 0.936. The van der Waals surface area contributed by atoms with Gasteiger partial charge < -0.3 is 20.2 Å². The SMILES string of the molecule is CCCCCCCCCCCCCCCCC/C=C/[C@@H](O)[C@H](COP(=O)(O)O)NC(=O)CCCCCCCCCCCCCCCCCCCCCCCC. The van der Waals surface area contributed by atoms with Gasteiger partial charge in [0.25, 0.3) is 0 Å². The van der Waals surface area contributed by atoms with E-state index in [1.54, 1.807) is 6.08 Å². The van der Waals surface area contributed by atoms with Gasteiger partial charge in [-0.05, 0) is 19.3 Å². The summed E-state index contributed by atoms with van der Waals surface area (Å²) in [5, 5.41) is 13.4. The van der Waals surface area contributed by atoms with E-state index in [1.807, 2.05) is 6.08 Å². The van der Waals surface area contributed by atoms with Crippen LogP contribution in [0.4, 0.5) is 0 Å². The largest absolute Gasteiger partial charge is 0.469 e. The summed E-state index contributed by atoms with van der Waals surface area (Å²) in [5.41, 5.74) is 0. The highest BCUT2D eigenvalue weighted by Gasteiger charge is 2.24. The first-order valence-electron chi connectivity index (χ1n) is 24.1. The van der Waals surface area contributed by atoms with Crippen LogP contribution >= 0.6 is 7.82 Å². The maximum Gasteiger partial charge on any atom is 0.469 e. The molecule has 0 unspecified atom stereocenters. The molecule has 7 nitrogen and oxygen atoms in total. The second-order valence-electron chi connectivity index (χ2n) is 16.8. The number of phosphoric acid groups is 1. The van der Waals surface area contributed by atoms with Gasteiger partial charge in [-0.3, -0.25) is 9.32 Å². The summed E-state index contributed by atoms with van der Waals surface area (Å²) < 4.78 is 16.0. The number of allylic oxidation sites excluding steroid dienone is 1. The third kappa shape index (κ3) is 44.2. The van der Waals surface area contributed by atoms with Crippen LogP contribution in [0.5, 0.6) is 0 Å². The summed E-state index contributed by atoms with van der Waals surface area (Å²) in [6.45, 7) is 4.11. The number of nitrogens with one attached hydrogen (secondary N) is 1. The molecule has 55 heavy (non-hydrogen) atoms. The van der Waals surface area contributed by atoms with Gasteiger partial charge in [-0.25, -0.2) is 4.57 Å². The lowest BCUT2D eigenvalue weighted by Gasteiger charge is -2.22. The third-order valence-electron chi connectivity index (χ3n) is 11.2. The van der Waals surface area contributed by atoms with Crippen LogP contribution in [-0.4, -0.2) is 39.6 Å². The summed E-state index contributed by atoms with van der Waals surface area (Å²) in [7, 11) is -4.71. The van der Waals surface area contributed by atoms with Crippen molar-refractivity contribution >= 4 is 13.7 Å². The molecular weight excluding hydrogens is 705 g/mol. The molecule has 0 aromatic rings. The average molecular weight is 800 g/mol. The number of carbonyl (C=O) groups is 1. The minimum atomic E-state index is -4.71. The summed E-state index contributed by atoms with van der Waals surface area (Å²) in [5.74, 6) is -0.220. The number of rotatable bonds is 45. The van der Waals surface area contributed by atoms with Gasteiger partial charge in [0.1, 0.15) is 0 Å². The number of aliphatic hydroxyl groups excluding tert-OH is 1. The number of hydrogen-bond donors (Lipinski definition) is 4. The fourth-order valence-electron chi connectivity index (χ4n) is 7.58. The van der Waals surface area contributed by atoms with Crippen LogP contribution in [-0.2, 0) is 13.9 Å². The number of aliphatic hydroxyl groups is 1. The molecule has 0 fully saturated rings. The zero-order valence-electron chi connectivity index (χ0n) is 36.6. The fourth-order valence-corrected chi connectivity index (χ4v) is 7.93. The molecule has 0 aromatic heterocycles. The average Bonchev–Trinajstić information content (AvgIpc) is 3.16. The molecule has 0 spiro atoms. The van der Waals surface area contributed by atoms with Gasteiger partial charge >= 0.3 is 7.82 Å². The Labute approximate surface area is 342 Å². The van der Waals surface area contributed by atoms with E-state index in [0.717, 1.165) is 38.5 Å². The molecule has 328 valence electrons. The normalized spacial score (nSPS) is 13.2. The maximum atomic E-state index is 12.6. The highest BCUT2D eigenvalue weighted by Crippen LogP contribution is 2.36. The van der Waals surface area contributed by atoms with Gasteiger partial charge in [-0.2, -0.15) is 0 Å². The molecule has 0 saturated carbocycles. The minimum Gasteiger partial charge on any atom is -0.387 e. The molecule has 0 aliphatic carbocycles. The second kappa shape index (κ2) is 42.9. The van der Waals surface area contributed by atoms with E-state index in [4.69, 9.17) is 0 Å². The Hall–Kier alpha value is -0.720. The van der Waals surface area contributed by atoms with E-state index in [2.05, 4.69) is 23.7 Å². The van der Waals surface area contributed by atoms with Crippen LogP contribution in [0.2, 0.25) is 0 Å². The lowest BCUT2D eigenvalue weighted by Crippen LogP contribution is -2.45. The van der Waals surface area contributed by atoms with E-state index in [-0.39, 0.29) is 5.91 Å². The molecule has 0 rings (SSSR count). The number of phosphoric ester groups is 1. The quantitative estimate of drug-likeness (QED) is 0.0277. The van der Waals surface area contributed by atoms with Gasteiger partial charge in [0.2, 0.25) is 5.91 Å². The van der Waals surface area contributed by atoms with Crippen LogP contribution in [0.25, 0.3) is 0 Å². The van der Waals surface area contributed by atoms with Crippen molar-refractivity contribution in [3.63, 3.8) is 0 Å². The topological polar surface area (TPSA) is 116 Å². The lowest BCUT2D eigenvalue weighted by molar-refractivity contribution is -0.123. The maximum absolute atomic E-state index is 12.6. The van der Waals surface area contributed by atoms with E-state index in [1.165, 1.54) is 205 Å². The number of unbranched alkanes of at least 4 members (excludes halogenated alkanes) is 36. The number of amides is 1. The van der Waals surface area contributed by atoms with E-state index < -0.39 is 26.6 Å². The molecule has 0 bridgehead atoms. The highest BCUT2D eigenvalue weighted by molar-refractivity contribution is 7.46. The molecule has 8 heteroatoms. The Balaban J connectivity index is 3.84. The predicted octanol–water partition coefficient (Wildman–Crippen LogP) is 14.8. The molecule has 0 aliphatic heterocycles. The summed E-state index contributed by atoms with van der Waals surface area (Å²) >= 11 is 0. The van der Waals surface area contributed by atoms with Gasteiger partial charge in [0, 0.05) is 6.42 Å². The highest BCUT2D eigenvalue weighted by atomic mass is 31.2. The smallest absolute Gasteiger partial charge is 0.387 e. The van der Waals surface area contributed by atoms with E-state index >= 15 is 0 Å². The first-order chi connectivity index (χ1) is 26.8. The zero-order chi connectivity index (χ0) is 40.3. The first-order valence-corrected chi connectivity index (χ1v) is 25.7. The molecule has 0 aliphatic rings. The van der Waals surface area contributed by atoms with Crippen LogP contribution < -0.4 is 5.32 Å². The van der Waals surface area contributed by atoms with Crippen molar-refractivity contribution < 1.29 is 28.8 Å². The van der Waals surface area contributed by atoms with Crippen LogP contribution in [0, 0.1) is 0 Å². The molecule has 1 amide bonds. The van der Waals surface area contributed by atoms with Crippen molar-refractivity contribution in [3.05, 3.63) is 12.2 Å². The zero-order valence-corrected chi connectivity index (χ0v) is 37.5. The molecular formula is C47H94NO6P. The molecule has 4 N–H and O–H groups in total. The number of hydrogen-bond acceptors (Lipinski definition) is 4. The lowest BCUT2D eigenvalue weighted by atomic mass is 10.0. The molecule has 0 saturated heterocycles. The predicted molar refractivity (Wildman–Crippen MR) is 236 cm³/mol. The first kappa shape index (κ1) is 54.3. The Morgan fingerprint density at radius 1 is 0.509 bits per heavy atom. The third-order valence-corrected chi connectivity index (χ3v) is 11.7. The Morgan fingerprint density at radius 3 is 1.11 bits per heavy atom. The van der Waals surface area contributed by atoms with Crippen molar-refractivity contribution in [2.75, 3.05) is 6.61 Å². The standard InChI is InChI=1S/C47H94NO6P/c1-3-5-7-9-11-13-15-17-19-21-22-23-24-25-27-29-31-33-35-37-39-41-43-47(50)48-45(44-54-55(51,52)53)46(49)42-40-38-36-34-32-30-28-26-20-18-16-14-12-10-8-6-4-2/h40,42,45-46,49H,3-39,41,43-44H2,1-2H3,(H,48,50)(H2,51,52,53)/b42-40+/t45-,46+/m0/s1. The van der Waals surface area contributed by atoms with E-state index in [9.17, 15) is 24.3 Å². The minimum absolute atomic E-state index is 0.220. The molecule has 0 radical (unpaired) electrons.